The third-order valence-electron chi connectivity index (χ3n) is 4.94. The number of aliphatic carboxylic acids is 1. The summed E-state index contributed by atoms with van der Waals surface area (Å²) in [5.74, 6) is -0.609. The van der Waals surface area contributed by atoms with Gasteiger partial charge in [-0.2, -0.15) is 0 Å². The van der Waals surface area contributed by atoms with Crippen molar-refractivity contribution in [3.8, 4) is 0 Å². The minimum atomic E-state index is -0.609. The van der Waals surface area contributed by atoms with Crippen LogP contribution in [0.4, 0.5) is 0 Å². The maximum absolute atomic E-state index is 11.8. The van der Waals surface area contributed by atoms with Gasteiger partial charge in [-0.05, 0) is 38.1 Å². The molecule has 18 heavy (non-hydrogen) atoms. The molecule has 2 fully saturated rings. The molecular formula is C14H26N2O2. The van der Waals surface area contributed by atoms with E-state index in [-0.39, 0.29) is 0 Å². The van der Waals surface area contributed by atoms with Crippen molar-refractivity contribution in [3.63, 3.8) is 0 Å². The number of carboxylic acids is 1. The lowest BCUT2D eigenvalue weighted by molar-refractivity contribution is -0.157. The predicted molar refractivity (Wildman–Crippen MR) is 71.7 cm³/mol. The van der Waals surface area contributed by atoms with Crippen LogP contribution in [0.5, 0.6) is 0 Å². The molecule has 0 atom stereocenters. The topological polar surface area (TPSA) is 43.8 Å². The number of carbonyl (C=O) groups is 1. The molecule has 1 saturated heterocycles. The zero-order chi connectivity index (χ0) is 13.4. The van der Waals surface area contributed by atoms with E-state index in [0.29, 0.717) is 5.41 Å². The molecule has 0 spiro atoms. The molecule has 1 saturated carbocycles. The molecule has 4 heteroatoms. The van der Waals surface area contributed by atoms with Crippen LogP contribution in [0.1, 0.15) is 39.5 Å². The highest BCUT2D eigenvalue weighted by Crippen LogP contribution is 2.43. The predicted octanol–water partition coefficient (Wildman–Crippen LogP) is 1.66. The van der Waals surface area contributed by atoms with E-state index in [9.17, 15) is 9.90 Å². The third kappa shape index (κ3) is 2.54. The number of rotatable bonds is 2. The fourth-order valence-electron chi connectivity index (χ4n) is 3.24. The van der Waals surface area contributed by atoms with Gasteiger partial charge in [0.15, 0.2) is 0 Å². The van der Waals surface area contributed by atoms with E-state index in [1.54, 1.807) is 0 Å². The summed E-state index contributed by atoms with van der Waals surface area (Å²) in [5, 5.41) is 9.72. The Labute approximate surface area is 110 Å². The number of nitrogens with zero attached hydrogens (tertiary/aromatic N) is 2. The Hall–Kier alpha value is -0.610. The largest absolute Gasteiger partial charge is 0.480 e. The van der Waals surface area contributed by atoms with E-state index >= 15 is 0 Å². The van der Waals surface area contributed by atoms with Crippen LogP contribution in [-0.2, 0) is 4.79 Å². The highest BCUT2D eigenvalue weighted by molar-refractivity contribution is 5.79. The van der Waals surface area contributed by atoms with Gasteiger partial charge in [-0.1, -0.05) is 13.8 Å². The smallest absolute Gasteiger partial charge is 0.324 e. The Morgan fingerprint density at radius 1 is 1.00 bits per heavy atom. The summed E-state index contributed by atoms with van der Waals surface area (Å²) < 4.78 is 0. The molecule has 1 aliphatic heterocycles. The summed E-state index contributed by atoms with van der Waals surface area (Å²) in [7, 11) is 2.11. The third-order valence-corrected chi connectivity index (χ3v) is 4.94. The van der Waals surface area contributed by atoms with E-state index in [2.05, 4.69) is 30.7 Å². The zero-order valence-electron chi connectivity index (χ0n) is 11.9. The standard InChI is InChI=1S/C14H26N2O2/c1-13(2)4-6-14(7-5-13,12(17)18)16-10-8-15(3)9-11-16/h4-11H2,1-3H3,(H,17,18). The highest BCUT2D eigenvalue weighted by atomic mass is 16.4. The van der Waals surface area contributed by atoms with Crippen LogP contribution in [0, 0.1) is 5.41 Å². The number of hydrogen-bond acceptors (Lipinski definition) is 3. The second-order valence-corrected chi connectivity index (χ2v) is 6.79. The van der Waals surface area contributed by atoms with Gasteiger partial charge in [-0.3, -0.25) is 9.69 Å². The number of piperazine rings is 1. The first-order chi connectivity index (χ1) is 8.36. The molecule has 1 heterocycles. The monoisotopic (exact) mass is 254 g/mol. The lowest BCUT2D eigenvalue weighted by atomic mass is 9.68. The summed E-state index contributed by atoms with van der Waals surface area (Å²) in [6, 6.07) is 0. The molecule has 0 aromatic carbocycles. The Balaban J connectivity index is 2.11. The first kappa shape index (κ1) is 13.8. The fraction of sp³-hybridized carbons (Fsp3) is 0.929. The first-order valence-corrected chi connectivity index (χ1v) is 7.03. The number of carboxylic acid groups (broad SMARTS) is 1. The van der Waals surface area contributed by atoms with Crippen molar-refractivity contribution in [2.75, 3.05) is 33.2 Å². The summed E-state index contributed by atoms with van der Waals surface area (Å²) in [4.78, 5) is 16.3. The highest BCUT2D eigenvalue weighted by Gasteiger charge is 2.48. The summed E-state index contributed by atoms with van der Waals surface area (Å²) in [6.45, 7) is 8.26. The molecule has 0 radical (unpaired) electrons. The minimum Gasteiger partial charge on any atom is -0.480 e. The van der Waals surface area contributed by atoms with E-state index in [1.165, 1.54) is 0 Å². The average molecular weight is 254 g/mol. The van der Waals surface area contributed by atoms with Gasteiger partial charge in [0.25, 0.3) is 0 Å². The van der Waals surface area contributed by atoms with Gasteiger partial charge in [-0.15, -0.1) is 0 Å². The maximum atomic E-state index is 11.8. The van der Waals surface area contributed by atoms with Crippen LogP contribution in [0.15, 0.2) is 0 Å². The van der Waals surface area contributed by atoms with Crippen molar-refractivity contribution in [1.82, 2.24) is 9.80 Å². The lowest BCUT2D eigenvalue weighted by Gasteiger charge is -2.49. The van der Waals surface area contributed by atoms with Crippen molar-refractivity contribution in [3.05, 3.63) is 0 Å². The normalized spacial score (nSPS) is 29.1. The van der Waals surface area contributed by atoms with Crippen molar-refractivity contribution < 1.29 is 9.90 Å². The Kier molecular flexibility index (Phi) is 3.70. The number of hydrogen-bond donors (Lipinski definition) is 1. The van der Waals surface area contributed by atoms with Crippen molar-refractivity contribution in [1.29, 1.82) is 0 Å². The minimum absolute atomic E-state index is 0.311. The van der Waals surface area contributed by atoms with Crippen LogP contribution in [0.2, 0.25) is 0 Å². The van der Waals surface area contributed by atoms with E-state index in [1.807, 2.05) is 0 Å². The molecule has 2 rings (SSSR count). The maximum Gasteiger partial charge on any atom is 0.324 e. The SMILES string of the molecule is CN1CCN(C2(C(=O)O)CCC(C)(C)CC2)CC1. The van der Waals surface area contributed by atoms with Gasteiger partial charge >= 0.3 is 5.97 Å². The fourth-order valence-corrected chi connectivity index (χ4v) is 3.24. The molecule has 0 aromatic heterocycles. The zero-order valence-corrected chi connectivity index (χ0v) is 11.9. The summed E-state index contributed by atoms with van der Waals surface area (Å²) in [6.07, 6.45) is 3.65. The molecule has 104 valence electrons. The second-order valence-electron chi connectivity index (χ2n) is 6.79. The van der Waals surface area contributed by atoms with Crippen LogP contribution in [0.25, 0.3) is 0 Å². The van der Waals surface area contributed by atoms with Crippen LogP contribution in [0.3, 0.4) is 0 Å². The van der Waals surface area contributed by atoms with Crippen molar-refractivity contribution >= 4 is 5.97 Å². The van der Waals surface area contributed by atoms with Crippen molar-refractivity contribution in [2.45, 2.75) is 45.1 Å². The molecule has 1 aliphatic carbocycles. The molecule has 1 N–H and O–H groups in total. The van der Waals surface area contributed by atoms with Gasteiger partial charge in [0, 0.05) is 26.2 Å². The van der Waals surface area contributed by atoms with E-state index in [0.717, 1.165) is 51.9 Å². The second kappa shape index (κ2) is 4.82. The van der Waals surface area contributed by atoms with E-state index < -0.39 is 11.5 Å². The molecule has 0 bridgehead atoms. The van der Waals surface area contributed by atoms with Gasteiger partial charge in [0.2, 0.25) is 0 Å². The Morgan fingerprint density at radius 2 is 1.50 bits per heavy atom. The van der Waals surface area contributed by atoms with Crippen LogP contribution in [-0.4, -0.2) is 59.6 Å². The number of likely N-dealkylation sites (N-methyl/N-ethyl adjacent to an activating group) is 1. The van der Waals surface area contributed by atoms with Crippen LogP contribution < -0.4 is 0 Å². The van der Waals surface area contributed by atoms with Gasteiger partial charge < -0.3 is 10.0 Å². The summed E-state index contributed by atoms with van der Waals surface area (Å²) >= 11 is 0. The van der Waals surface area contributed by atoms with Gasteiger partial charge in [0.05, 0.1) is 0 Å². The summed E-state index contributed by atoms with van der Waals surface area (Å²) in [5.41, 5.74) is -0.275. The molecular weight excluding hydrogens is 228 g/mol. The molecule has 2 aliphatic rings. The van der Waals surface area contributed by atoms with Gasteiger partial charge in [-0.25, -0.2) is 0 Å². The first-order valence-electron chi connectivity index (χ1n) is 7.03. The molecule has 4 nitrogen and oxygen atoms in total. The van der Waals surface area contributed by atoms with Crippen LogP contribution >= 0.6 is 0 Å². The quantitative estimate of drug-likeness (QED) is 0.814. The van der Waals surface area contributed by atoms with Gasteiger partial charge in [0.1, 0.15) is 5.54 Å². The Morgan fingerprint density at radius 3 is 1.94 bits per heavy atom. The molecule has 0 aromatic rings. The molecule has 0 unspecified atom stereocenters. The Bertz CT molecular complexity index is 310. The van der Waals surface area contributed by atoms with E-state index in [4.69, 9.17) is 0 Å². The lowest BCUT2D eigenvalue weighted by Crippen LogP contribution is -2.62. The van der Waals surface area contributed by atoms with Crippen molar-refractivity contribution in [2.24, 2.45) is 5.41 Å². The average Bonchev–Trinajstić information content (AvgIpc) is 2.30. The molecule has 0 amide bonds.